The SMILES string of the molecule is CCNC(=NCc1cc(CC)no1)NCc1nc(C(C)C)cs1. The summed E-state index contributed by atoms with van der Waals surface area (Å²) in [6.45, 7) is 10.3. The van der Waals surface area contributed by atoms with E-state index in [-0.39, 0.29) is 0 Å². The van der Waals surface area contributed by atoms with Gasteiger partial charge in [-0.25, -0.2) is 9.98 Å². The van der Waals surface area contributed by atoms with Gasteiger partial charge in [-0.2, -0.15) is 0 Å². The van der Waals surface area contributed by atoms with Crippen LogP contribution in [0.2, 0.25) is 0 Å². The Morgan fingerprint density at radius 3 is 2.78 bits per heavy atom. The van der Waals surface area contributed by atoms with E-state index in [0.29, 0.717) is 19.0 Å². The molecule has 2 rings (SSSR count). The molecular formula is C16H25N5OS. The molecule has 0 amide bonds. The van der Waals surface area contributed by atoms with Gasteiger partial charge in [-0.3, -0.25) is 0 Å². The Bertz CT molecular complexity index is 632. The van der Waals surface area contributed by atoms with Crippen LogP contribution in [0.25, 0.3) is 0 Å². The minimum Gasteiger partial charge on any atom is -0.359 e. The maximum atomic E-state index is 5.25. The van der Waals surface area contributed by atoms with Crippen LogP contribution in [0.4, 0.5) is 0 Å². The molecule has 6 nitrogen and oxygen atoms in total. The monoisotopic (exact) mass is 335 g/mol. The topological polar surface area (TPSA) is 75.3 Å². The van der Waals surface area contributed by atoms with Gasteiger partial charge in [0.1, 0.15) is 11.6 Å². The summed E-state index contributed by atoms with van der Waals surface area (Å²) in [4.78, 5) is 9.15. The average molecular weight is 335 g/mol. The first kappa shape index (κ1) is 17.5. The highest BCUT2D eigenvalue weighted by Gasteiger charge is 2.07. The number of hydrogen-bond acceptors (Lipinski definition) is 5. The molecule has 2 aromatic rings. The van der Waals surface area contributed by atoms with Gasteiger partial charge in [0.2, 0.25) is 0 Å². The van der Waals surface area contributed by atoms with E-state index in [1.54, 1.807) is 11.3 Å². The minimum absolute atomic E-state index is 0.459. The number of hydrogen-bond donors (Lipinski definition) is 2. The molecule has 0 aromatic carbocycles. The lowest BCUT2D eigenvalue weighted by Crippen LogP contribution is -2.36. The third kappa shape index (κ3) is 5.35. The van der Waals surface area contributed by atoms with E-state index < -0.39 is 0 Å². The van der Waals surface area contributed by atoms with Crippen molar-refractivity contribution in [2.24, 2.45) is 4.99 Å². The fourth-order valence-corrected chi connectivity index (χ4v) is 2.82. The van der Waals surface area contributed by atoms with Crippen molar-refractivity contribution in [3.8, 4) is 0 Å². The predicted octanol–water partition coefficient (Wildman–Crippen LogP) is 3.07. The second-order valence-corrected chi connectivity index (χ2v) is 6.45. The van der Waals surface area contributed by atoms with Crippen LogP contribution >= 0.6 is 11.3 Å². The third-order valence-electron chi connectivity index (χ3n) is 3.28. The highest BCUT2D eigenvalue weighted by molar-refractivity contribution is 7.09. The molecule has 7 heteroatoms. The number of thiazole rings is 1. The highest BCUT2D eigenvalue weighted by atomic mass is 32.1. The summed E-state index contributed by atoms with van der Waals surface area (Å²) in [5.41, 5.74) is 2.10. The van der Waals surface area contributed by atoms with Crippen LogP contribution in [0.1, 0.15) is 55.8 Å². The summed E-state index contributed by atoms with van der Waals surface area (Å²) in [7, 11) is 0. The number of aryl methyl sites for hydroxylation is 1. The number of nitrogens with one attached hydrogen (secondary N) is 2. The normalized spacial score (nSPS) is 12.0. The summed E-state index contributed by atoms with van der Waals surface area (Å²) in [6, 6.07) is 1.95. The molecule has 0 atom stereocenters. The Morgan fingerprint density at radius 1 is 1.35 bits per heavy atom. The highest BCUT2D eigenvalue weighted by Crippen LogP contribution is 2.17. The van der Waals surface area contributed by atoms with Crippen LogP contribution in [-0.2, 0) is 19.5 Å². The Labute approximate surface area is 141 Å². The molecule has 126 valence electrons. The number of rotatable bonds is 7. The summed E-state index contributed by atoms with van der Waals surface area (Å²) in [5, 5.41) is 13.7. The van der Waals surface area contributed by atoms with Gasteiger partial charge in [0, 0.05) is 18.0 Å². The van der Waals surface area contributed by atoms with Gasteiger partial charge in [-0.05, 0) is 19.3 Å². The van der Waals surface area contributed by atoms with Crippen LogP contribution in [0.15, 0.2) is 21.0 Å². The Kier molecular flexibility index (Phi) is 6.58. The van der Waals surface area contributed by atoms with E-state index in [0.717, 1.165) is 41.1 Å². The van der Waals surface area contributed by atoms with Crippen LogP contribution < -0.4 is 10.6 Å². The number of guanidine groups is 1. The molecule has 0 unspecified atom stereocenters. The molecule has 0 spiro atoms. The van der Waals surface area contributed by atoms with Crippen LogP contribution in [0, 0.1) is 0 Å². The third-order valence-corrected chi connectivity index (χ3v) is 4.14. The van der Waals surface area contributed by atoms with E-state index in [1.165, 1.54) is 0 Å². The Balaban J connectivity index is 1.92. The van der Waals surface area contributed by atoms with Crippen molar-refractivity contribution < 1.29 is 4.52 Å². The van der Waals surface area contributed by atoms with Gasteiger partial charge in [0.05, 0.1) is 17.9 Å². The quantitative estimate of drug-likeness (QED) is 0.601. The second-order valence-electron chi connectivity index (χ2n) is 5.51. The zero-order valence-corrected chi connectivity index (χ0v) is 15.0. The lowest BCUT2D eigenvalue weighted by Gasteiger charge is -2.09. The van der Waals surface area contributed by atoms with Gasteiger partial charge in [0.25, 0.3) is 0 Å². The van der Waals surface area contributed by atoms with Gasteiger partial charge in [0.15, 0.2) is 11.7 Å². The molecule has 0 aliphatic heterocycles. The zero-order valence-electron chi connectivity index (χ0n) is 14.2. The van der Waals surface area contributed by atoms with Crippen molar-refractivity contribution >= 4 is 17.3 Å². The molecule has 23 heavy (non-hydrogen) atoms. The first-order valence-electron chi connectivity index (χ1n) is 8.03. The Hall–Kier alpha value is -1.89. The maximum absolute atomic E-state index is 5.25. The van der Waals surface area contributed by atoms with Crippen molar-refractivity contribution in [3.05, 3.63) is 33.6 Å². The van der Waals surface area contributed by atoms with Gasteiger partial charge >= 0.3 is 0 Å². The molecule has 2 N–H and O–H groups in total. The largest absolute Gasteiger partial charge is 0.359 e. The molecule has 0 aliphatic rings. The lowest BCUT2D eigenvalue weighted by molar-refractivity contribution is 0.379. The summed E-state index contributed by atoms with van der Waals surface area (Å²) >= 11 is 1.67. The second kappa shape index (κ2) is 8.67. The number of nitrogens with zero attached hydrogens (tertiary/aromatic N) is 3. The van der Waals surface area contributed by atoms with E-state index in [4.69, 9.17) is 4.52 Å². The standard InChI is InChI=1S/C16H25N5OS/c1-5-12-7-13(22-21-12)8-18-16(17-6-2)19-9-15-20-14(10-23-15)11(3)4/h7,10-11H,5-6,8-9H2,1-4H3,(H2,17,18,19). The van der Waals surface area contributed by atoms with E-state index in [1.807, 2.05) is 13.0 Å². The lowest BCUT2D eigenvalue weighted by atomic mass is 10.2. The smallest absolute Gasteiger partial charge is 0.192 e. The molecule has 0 aliphatic carbocycles. The molecule has 0 saturated heterocycles. The van der Waals surface area contributed by atoms with E-state index >= 15 is 0 Å². The summed E-state index contributed by atoms with van der Waals surface area (Å²) < 4.78 is 5.25. The maximum Gasteiger partial charge on any atom is 0.192 e. The molecule has 0 radical (unpaired) electrons. The zero-order chi connectivity index (χ0) is 16.7. The predicted molar refractivity (Wildman–Crippen MR) is 93.7 cm³/mol. The Morgan fingerprint density at radius 2 is 2.17 bits per heavy atom. The van der Waals surface area contributed by atoms with Crippen molar-refractivity contribution in [3.63, 3.8) is 0 Å². The van der Waals surface area contributed by atoms with Gasteiger partial charge in [-0.1, -0.05) is 25.9 Å². The minimum atomic E-state index is 0.459. The van der Waals surface area contributed by atoms with E-state index in [2.05, 4.69) is 51.9 Å². The molecule has 0 bridgehead atoms. The van der Waals surface area contributed by atoms with Crippen molar-refractivity contribution in [2.75, 3.05) is 6.54 Å². The molecule has 0 fully saturated rings. The van der Waals surface area contributed by atoms with Gasteiger partial charge < -0.3 is 15.2 Å². The average Bonchev–Trinajstić information content (AvgIpc) is 3.19. The van der Waals surface area contributed by atoms with Gasteiger partial charge in [-0.15, -0.1) is 11.3 Å². The number of aliphatic imine (C=N–C) groups is 1. The van der Waals surface area contributed by atoms with Crippen molar-refractivity contribution in [2.45, 2.75) is 53.1 Å². The molecule has 2 heterocycles. The molecule has 0 saturated carbocycles. The first-order chi connectivity index (χ1) is 11.1. The van der Waals surface area contributed by atoms with Crippen LogP contribution in [0.3, 0.4) is 0 Å². The van der Waals surface area contributed by atoms with Crippen LogP contribution in [0.5, 0.6) is 0 Å². The fourth-order valence-electron chi connectivity index (χ4n) is 1.93. The van der Waals surface area contributed by atoms with E-state index in [9.17, 15) is 0 Å². The summed E-state index contributed by atoms with van der Waals surface area (Å²) in [6.07, 6.45) is 0.869. The van der Waals surface area contributed by atoms with Crippen LogP contribution in [-0.4, -0.2) is 22.6 Å². The summed E-state index contributed by atoms with van der Waals surface area (Å²) in [5.74, 6) is 1.99. The fraction of sp³-hybridized carbons (Fsp3) is 0.562. The van der Waals surface area contributed by atoms with Crippen molar-refractivity contribution in [1.82, 2.24) is 20.8 Å². The number of aromatic nitrogens is 2. The van der Waals surface area contributed by atoms with Crippen molar-refractivity contribution in [1.29, 1.82) is 0 Å². The first-order valence-corrected chi connectivity index (χ1v) is 8.91. The molecular weight excluding hydrogens is 310 g/mol. The molecule has 2 aromatic heterocycles.